The third-order valence-electron chi connectivity index (χ3n) is 0.236. The van der Waals surface area contributed by atoms with E-state index in [2.05, 4.69) is 16.2 Å². The molecular weight excluding hydrogens is 632 g/mol. The minimum Gasteiger partial charge on any atom is -0.308 e. The van der Waals surface area contributed by atoms with Gasteiger partial charge in [-0.3, -0.25) is 9.24 Å². The van der Waals surface area contributed by atoms with Crippen molar-refractivity contribution in [3.8, 4) is 0 Å². The van der Waals surface area contributed by atoms with Crippen molar-refractivity contribution in [2.45, 2.75) is 13.3 Å². The summed E-state index contributed by atoms with van der Waals surface area (Å²) in [6.45, 7) is 2.10. The van der Waals surface area contributed by atoms with Crippen LogP contribution in [0.1, 0.15) is 13.3 Å². The molecule has 0 rings (SSSR count). The zero-order valence-corrected chi connectivity index (χ0v) is 20.4. The summed E-state index contributed by atoms with van der Waals surface area (Å²) >= 11 is 0. The van der Waals surface area contributed by atoms with Crippen LogP contribution in [-0.2, 0) is 0 Å². The van der Waals surface area contributed by atoms with Crippen LogP contribution >= 0.6 is 19.1 Å². The van der Waals surface area contributed by atoms with Gasteiger partial charge in [-0.25, -0.2) is 0 Å². The molecule has 0 amide bonds. The van der Waals surface area contributed by atoms with E-state index in [-0.39, 0.29) is 9.90 Å². The Hall–Kier alpha value is -1.14. The van der Waals surface area contributed by atoms with Gasteiger partial charge in [-0.1, -0.05) is 6.92 Å². The minimum atomic E-state index is 0. The summed E-state index contributed by atoms with van der Waals surface area (Å²) in [7, 11) is 2.53. The first-order valence-corrected chi connectivity index (χ1v) is 2.12. The van der Waals surface area contributed by atoms with E-state index in [4.69, 9.17) is 0 Å². The van der Waals surface area contributed by atoms with Gasteiger partial charge < -0.3 is 6.16 Å². The second kappa shape index (κ2) is 97.9. The van der Waals surface area contributed by atoms with E-state index in [1.165, 1.54) is 0 Å². The van der Waals surface area contributed by atoms with Crippen molar-refractivity contribution in [2.24, 2.45) is 0 Å². The summed E-state index contributed by atoms with van der Waals surface area (Å²) in [6.07, 6.45) is 3.20. The molecule has 0 nitrogen and oxygen atoms in total. The fourth-order valence-electron chi connectivity index (χ4n) is 0. The first kappa shape index (κ1) is 40.0. The molecule has 0 aromatic heterocycles. The number of rotatable bonds is 1. The van der Waals surface area contributed by atoms with Crippen molar-refractivity contribution in [1.82, 2.24) is 0 Å². The predicted octanol–water partition coefficient (Wildman–Crippen LogP) is 1.49. The van der Waals surface area contributed by atoms with E-state index in [1.54, 1.807) is 0 Å². The van der Waals surface area contributed by atoms with Crippen LogP contribution in [0.25, 0.3) is 0 Å². The maximum atomic E-state index is 2.53. The third kappa shape index (κ3) is 2030. The average molecular weight is 643 g/mol. The van der Waals surface area contributed by atoms with Gasteiger partial charge in [-0.15, -0.1) is 0 Å². The van der Waals surface area contributed by atoms with E-state index in [9.17, 15) is 0 Å². The molecule has 0 fully saturated rings. The number of hydrogen-bond donors (Lipinski definition) is 0. The third-order valence-corrected chi connectivity index (χ3v) is 0.707. The van der Waals surface area contributed by atoms with Crippen molar-refractivity contribution < 1.29 is 0 Å². The largest absolute Gasteiger partial charge is 0.308 e. The Kier molecular flexibility index (Phi) is 560. The Morgan fingerprint density at radius 1 is 1.43 bits per heavy atom. The zero-order valence-electron chi connectivity index (χ0n) is 4.98. The molecule has 0 radical (unpaired) electrons. The topological polar surface area (TPSA) is 0 Å². The normalized spacial score (nSPS) is 4.29. The Labute approximate surface area is 39.5 Å². The summed E-state index contributed by atoms with van der Waals surface area (Å²) in [5.74, 6) is 0. The molecule has 0 aliphatic carbocycles. The van der Waals surface area contributed by atoms with Crippen LogP contribution in [0.2, 0.25) is 0 Å². The quantitative estimate of drug-likeness (QED) is 0.301. The molecular formula is C3H11P2Rf2-. The first-order valence-electron chi connectivity index (χ1n) is 1.45. The molecule has 0 heterocycles. The fourth-order valence-corrected chi connectivity index (χ4v) is 0. The molecule has 0 bridgehead atoms. The Bertz CT molecular complexity index is 12.9. The van der Waals surface area contributed by atoms with Crippen LogP contribution in [0.5, 0.6) is 0 Å². The Morgan fingerprint density at radius 2 is 1.57 bits per heavy atom. The van der Waals surface area contributed by atoms with Gasteiger partial charge in [0, 0.05) is 0 Å². The molecule has 7 heavy (non-hydrogen) atoms. The van der Waals surface area contributed by atoms with Gasteiger partial charge in [-0.05, 0) is 0 Å². The van der Waals surface area contributed by atoms with E-state index in [1.807, 2.05) is 6.16 Å². The molecule has 0 saturated heterocycles. The van der Waals surface area contributed by atoms with Crippen LogP contribution in [-0.4, -0.2) is 0 Å². The molecule has 0 aliphatic heterocycles. The van der Waals surface area contributed by atoms with Crippen molar-refractivity contribution in [3.05, 3.63) is 6.16 Å². The fraction of sp³-hybridized carbons (Fsp3) is 0.667. The summed E-state index contributed by atoms with van der Waals surface area (Å²) in [5, 5.41) is 0. The SMILES string of the molecule is CC[CH-]P.P.[Rf].[Rf]. The summed E-state index contributed by atoms with van der Waals surface area (Å²) in [6, 6.07) is 0. The van der Waals surface area contributed by atoms with Gasteiger partial charge >= 0.3 is 0 Å². The van der Waals surface area contributed by atoms with Crippen molar-refractivity contribution >= 4 is 19.1 Å². The van der Waals surface area contributed by atoms with Crippen LogP contribution in [0.3, 0.4) is 0 Å². The van der Waals surface area contributed by atoms with Gasteiger partial charge in [0.2, 0.25) is 0 Å². The predicted molar refractivity (Wildman–Crippen MR) is 35.4 cm³/mol. The second-order valence-electron chi connectivity index (χ2n) is 0.644. The minimum absolute atomic E-state index is 0. The molecule has 4 heteroatoms. The van der Waals surface area contributed by atoms with Crippen molar-refractivity contribution in [1.29, 1.82) is 0 Å². The number of hydrogen-bond acceptors (Lipinski definition) is 0. The van der Waals surface area contributed by atoms with Crippen LogP contribution in [0.4, 0.5) is 0 Å². The van der Waals surface area contributed by atoms with Gasteiger partial charge in [-0.2, -0.15) is 16.3 Å². The Balaban J connectivity index is -0.0000000150. The van der Waals surface area contributed by atoms with E-state index in [0.29, 0.717) is 0 Å². The van der Waals surface area contributed by atoms with Crippen LogP contribution in [0, 0.1) is 6.16 Å². The van der Waals surface area contributed by atoms with Gasteiger partial charge in [0.05, 0.1) is 0 Å². The molecule has 0 aromatic rings. The summed E-state index contributed by atoms with van der Waals surface area (Å²) < 4.78 is 0. The second-order valence-corrected chi connectivity index (χ2v) is 1.12. The maximum Gasteiger partial charge on any atom is 0 e. The van der Waals surface area contributed by atoms with Gasteiger partial charge in [0.15, 0.2) is 0 Å². The molecule has 0 spiro atoms. The Morgan fingerprint density at radius 3 is 1.57 bits per heavy atom. The molecule has 38 valence electrons. The monoisotopic (exact) mass is 643 g/mol. The zero-order chi connectivity index (χ0) is 3.41. The van der Waals surface area contributed by atoms with Gasteiger partial charge in [0.1, 0.15) is 0 Å². The molecule has 2 atom stereocenters. The van der Waals surface area contributed by atoms with E-state index >= 15 is 0 Å². The standard InChI is InChI=1S/C3H8P.H3P.2Rf/c1-2-3-4;;;/h3H,2,4H2,1H3;1H3;;/q-1;;;. The van der Waals surface area contributed by atoms with E-state index in [0.717, 1.165) is 6.42 Å². The summed E-state index contributed by atoms with van der Waals surface area (Å²) in [4.78, 5) is 0. The smallest absolute Gasteiger partial charge is 0 e. The van der Waals surface area contributed by atoms with Crippen LogP contribution in [0.15, 0.2) is 0 Å². The molecule has 0 N–H and O–H groups in total. The first-order chi connectivity index (χ1) is 1.91. The maximum absolute atomic E-state index is 2.53. The molecule has 2 unspecified atom stereocenters. The molecule has 0 saturated carbocycles. The average Bonchev–Trinajstić information content (AvgIpc) is 1.37. The molecule has 0 aromatic carbocycles. The van der Waals surface area contributed by atoms with Crippen LogP contribution < -0.4 is 0 Å². The molecule has 0 aliphatic rings. The van der Waals surface area contributed by atoms with Crippen molar-refractivity contribution in [3.63, 3.8) is 0 Å². The van der Waals surface area contributed by atoms with Gasteiger partial charge in [0.25, 0.3) is 0 Å². The van der Waals surface area contributed by atoms with Crippen molar-refractivity contribution in [2.75, 3.05) is 0 Å². The summed E-state index contributed by atoms with van der Waals surface area (Å²) in [5.41, 5.74) is 0. The van der Waals surface area contributed by atoms with E-state index < -0.39 is 0 Å².